The van der Waals surface area contributed by atoms with Gasteiger partial charge in [0.1, 0.15) is 10.8 Å². The van der Waals surface area contributed by atoms with Crippen LogP contribution in [0.3, 0.4) is 0 Å². The van der Waals surface area contributed by atoms with Gasteiger partial charge in [0.05, 0.1) is 5.69 Å². The molecule has 1 aromatic heterocycles. The smallest absolute Gasteiger partial charge is 0.129 e. The van der Waals surface area contributed by atoms with E-state index in [1.165, 1.54) is 0 Å². The molecule has 16 heavy (non-hydrogen) atoms. The zero-order valence-electron chi connectivity index (χ0n) is 9.97. The minimum absolute atomic E-state index is 0.336. The summed E-state index contributed by atoms with van der Waals surface area (Å²) in [6.45, 7) is 1.90. The normalized spacial score (nSPS) is 10.5. The maximum atomic E-state index is 5.55. The second-order valence-corrected chi connectivity index (χ2v) is 4.41. The molecule has 0 saturated carbocycles. The minimum Gasteiger partial charge on any atom is -0.388 e. The first-order valence-corrected chi connectivity index (χ1v) is 5.54. The highest BCUT2D eigenvalue weighted by molar-refractivity contribution is 7.80. The molecule has 2 N–H and O–H groups in total. The molecule has 0 atom stereocenters. The molecule has 0 amide bonds. The Balaban J connectivity index is 2.71. The van der Waals surface area contributed by atoms with E-state index in [9.17, 15) is 0 Å². The fourth-order valence-corrected chi connectivity index (χ4v) is 1.35. The van der Waals surface area contributed by atoms with Crippen LogP contribution in [0.5, 0.6) is 0 Å². The molecule has 1 rings (SSSR count). The van der Waals surface area contributed by atoms with Gasteiger partial charge in [0.15, 0.2) is 0 Å². The van der Waals surface area contributed by atoms with E-state index in [1.807, 2.05) is 39.3 Å². The van der Waals surface area contributed by atoms with Crippen molar-refractivity contribution in [3.63, 3.8) is 0 Å². The first kappa shape index (κ1) is 12.9. The van der Waals surface area contributed by atoms with Crippen LogP contribution < -0.4 is 10.6 Å². The molecule has 4 nitrogen and oxygen atoms in total. The van der Waals surface area contributed by atoms with E-state index in [-0.39, 0.29) is 0 Å². The van der Waals surface area contributed by atoms with Crippen LogP contribution in [0.15, 0.2) is 18.2 Å². The summed E-state index contributed by atoms with van der Waals surface area (Å²) in [4.78, 5) is 8.95. The highest BCUT2D eigenvalue weighted by Crippen LogP contribution is 2.09. The van der Waals surface area contributed by atoms with Crippen molar-refractivity contribution in [3.8, 4) is 0 Å². The number of thiocarbonyl (C=S) groups is 1. The van der Waals surface area contributed by atoms with E-state index < -0.39 is 0 Å². The summed E-state index contributed by atoms with van der Waals surface area (Å²) in [7, 11) is 6.11. The molecular formula is C11H18N4S. The van der Waals surface area contributed by atoms with E-state index in [0.717, 1.165) is 18.9 Å². The largest absolute Gasteiger partial charge is 0.388 e. The molecule has 0 spiro atoms. The van der Waals surface area contributed by atoms with Crippen LogP contribution in [0, 0.1) is 0 Å². The molecule has 5 heteroatoms. The number of nitrogens with two attached hydrogens (primary N) is 1. The van der Waals surface area contributed by atoms with Crippen LogP contribution in [0.4, 0.5) is 5.82 Å². The molecule has 0 aliphatic rings. The molecule has 1 aromatic rings. The number of likely N-dealkylation sites (N-methyl/N-ethyl adjacent to an activating group) is 2. The summed E-state index contributed by atoms with van der Waals surface area (Å²) in [6.07, 6.45) is 0. The van der Waals surface area contributed by atoms with Crippen LogP contribution in [-0.4, -0.2) is 49.1 Å². The molecular weight excluding hydrogens is 220 g/mol. The van der Waals surface area contributed by atoms with Crippen LogP contribution in [0.25, 0.3) is 0 Å². The van der Waals surface area contributed by atoms with Crippen molar-refractivity contribution in [2.24, 2.45) is 5.73 Å². The summed E-state index contributed by atoms with van der Waals surface area (Å²) in [5.41, 5.74) is 6.22. The van der Waals surface area contributed by atoms with Crippen LogP contribution in [0.1, 0.15) is 5.69 Å². The molecule has 0 aliphatic carbocycles. The summed E-state index contributed by atoms with van der Waals surface area (Å²) in [6, 6.07) is 5.70. The predicted molar refractivity (Wildman–Crippen MR) is 71.9 cm³/mol. The number of rotatable bonds is 5. The summed E-state index contributed by atoms with van der Waals surface area (Å²) < 4.78 is 0. The molecule has 0 aromatic carbocycles. The Morgan fingerprint density at radius 2 is 2.00 bits per heavy atom. The number of aromatic nitrogens is 1. The average Bonchev–Trinajstić information content (AvgIpc) is 2.26. The van der Waals surface area contributed by atoms with Gasteiger partial charge < -0.3 is 15.5 Å². The van der Waals surface area contributed by atoms with Gasteiger partial charge in [0.2, 0.25) is 0 Å². The van der Waals surface area contributed by atoms with Crippen molar-refractivity contribution in [2.75, 3.05) is 39.1 Å². The topological polar surface area (TPSA) is 45.4 Å². The Bertz CT molecular complexity index is 365. The second kappa shape index (κ2) is 5.77. The highest BCUT2D eigenvalue weighted by atomic mass is 32.1. The van der Waals surface area contributed by atoms with Gasteiger partial charge in [-0.3, -0.25) is 0 Å². The van der Waals surface area contributed by atoms with Crippen molar-refractivity contribution >= 4 is 23.0 Å². The first-order chi connectivity index (χ1) is 7.50. The Labute approximate surface area is 102 Å². The van der Waals surface area contributed by atoms with Gasteiger partial charge in [-0.05, 0) is 26.2 Å². The van der Waals surface area contributed by atoms with Crippen LogP contribution in [-0.2, 0) is 0 Å². The Hall–Kier alpha value is -1.20. The number of hydrogen-bond acceptors (Lipinski definition) is 4. The SMILES string of the molecule is CN(C)CCN(C)c1cccc(C(N)=S)n1. The van der Waals surface area contributed by atoms with Crippen molar-refractivity contribution in [2.45, 2.75) is 0 Å². The number of nitrogens with zero attached hydrogens (tertiary/aromatic N) is 3. The van der Waals surface area contributed by atoms with E-state index in [2.05, 4.69) is 14.8 Å². The first-order valence-electron chi connectivity index (χ1n) is 5.13. The van der Waals surface area contributed by atoms with Gasteiger partial charge in [-0.1, -0.05) is 18.3 Å². The Kier molecular flexibility index (Phi) is 4.64. The van der Waals surface area contributed by atoms with Crippen LogP contribution >= 0.6 is 12.2 Å². The Morgan fingerprint density at radius 3 is 2.56 bits per heavy atom. The van der Waals surface area contributed by atoms with Gasteiger partial charge in [0, 0.05) is 20.1 Å². The Morgan fingerprint density at radius 1 is 1.31 bits per heavy atom. The third kappa shape index (κ3) is 3.75. The lowest BCUT2D eigenvalue weighted by atomic mass is 10.3. The van der Waals surface area contributed by atoms with E-state index in [4.69, 9.17) is 18.0 Å². The third-order valence-corrected chi connectivity index (χ3v) is 2.47. The van der Waals surface area contributed by atoms with Gasteiger partial charge in [-0.2, -0.15) is 0 Å². The zero-order valence-corrected chi connectivity index (χ0v) is 10.8. The van der Waals surface area contributed by atoms with Crippen molar-refractivity contribution in [3.05, 3.63) is 23.9 Å². The average molecular weight is 238 g/mol. The molecule has 0 unspecified atom stereocenters. The quantitative estimate of drug-likeness (QED) is 0.766. The van der Waals surface area contributed by atoms with Crippen molar-refractivity contribution < 1.29 is 0 Å². The maximum Gasteiger partial charge on any atom is 0.129 e. The standard InChI is InChI=1S/C11H18N4S/c1-14(2)7-8-15(3)10-6-4-5-9(13-10)11(12)16/h4-6H,7-8H2,1-3H3,(H2,12,16). The predicted octanol–water partition coefficient (Wildman–Crippen LogP) is 0.714. The number of hydrogen-bond donors (Lipinski definition) is 1. The van der Waals surface area contributed by atoms with Gasteiger partial charge in [0.25, 0.3) is 0 Å². The zero-order chi connectivity index (χ0) is 12.1. The third-order valence-electron chi connectivity index (χ3n) is 2.26. The molecule has 0 radical (unpaired) electrons. The lowest BCUT2D eigenvalue weighted by Crippen LogP contribution is -2.29. The van der Waals surface area contributed by atoms with Gasteiger partial charge in [-0.25, -0.2) is 4.98 Å². The summed E-state index contributed by atoms with van der Waals surface area (Å²) in [5, 5.41) is 0. The maximum absolute atomic E-state index is 5.55. The molecule has 0 fully saturated rings. The monoisotopic (exact) mass is 238 g/mol. The molecule has 1 heterocycles. The summed E-state index contributed by atoms with van der Waals surface area (Å²) >= 11 is 4.90. The molecule has 0 aliphatic heterocycles. The van der Waals surface area contributed by atoms with Gasteiger partial charge >= 0.3 is 0 Å². The van der Waals surface area contributed by atoms with Crippen LogP contribution in [0.2, 0.25) is 0 Å². The van der Waals surface area contributed by atoms with E-state index in [1.54, 1.807) is 0 Å². The number of anilines is 1. The minimum atomic E-state index is 0.336. The lowest BCUT2D eigenvalue weighted by Gasteiger charge is -2.20. The number of pyridine rings is 1. The summed E-state index contributed by atoms with van der Waals surface area (Å²) in [5.74, 6) is 0.896. The van der Waals surface area contributed by atoms with Crippen molar-refractivity contribution in [1.29, 1.82) is 0 Å². The highest BCUT2D eigenvalue weighted by Gasteiger charge is 2.05. The lowest BCUT2D eigenvalue weighted by molar-refractivity contribution is 0.416. The van der Waals surface area contributed by atoms with E-state index >= 15 is 0 Å². The van der Waals surface area contributed by atoms with Gasteiger partial charge in [-0.15, -0.1) is 0 Å². The fourth-order valence-electron chi connectivity index (χ4n) is 1.24. The molecule has 88 valence electrons. The molecule has 0 saturated heterocycles. The fraction of sp³-hybridized carbons (Fsp3) is 0.455. The van der Waals surface area contributed by atoms with Crippen molar-refractivity contribution in [1.82, 2.24) is 9.88 Å². The van der Waals surface area contributed by atoms with E-state index in [0.29, 0.717) is 10.7 Å². The molecule has 0 bridgehead atoms. The second-order valence-electron chi connectivity index (χ2n) is 3.97.